The van der Waals surface area contributed by atoms with Crippen molar-refractivity contribution in [3.8, 4) is 0 Å². The van der Waals surface area contributed by atoms with Crippen molar-refractivity contribution in [2.45, 2.75) is 53.0 Å². The van der Waals surface area contributed by atoms with Gasteiger partial charge in [-0.25, -0.2) is 9.91 Å². The average Bonchev–Trinajstić information content (AvgIpc) is 2.74. The smallest absolute Gasteiger partial charge is 0.352 e. The van der Waals surface area contributed by atoms with E-state index in [4.69, 9.17) is 0 Å². The number of unbranched alkanes of at least 4 members (excludes halogenated alkanes) is 1. The molecular formula is C24H31N5O3. The zero-order valence-corrected chi connectivity index (χ0v) is 18.9. The van der Waals surface area contributed by atoms with Crippen LogP contribution in [0.15, 0.2) is 64.2 Å². The second kappa shape index (κ2) is 10.9. The molecule has 1 aromatic rings. The number of benzene rings is 1. The fraction of sp³-hybridized carbons (Fsp3) is 0.417. The molecule has 8 nitrogen and oxygen atoms in total. The number of aliphatic carboxylic acids is 1. The molecule has 3 rings (SSSR count). The Morgan fingerprint density at radius 2 is 2.03 bits per heavy atom. The highest BCUT2D eigenvalue weighted by Gasteiger charge is 2.27. The van der Waals surface area contributed by atoms with E-state index in [1.807, 2.05) is 19.1 Å². The van der Waals surface area contributed by atoms with Gasteiger partial charge in [-0.2, -0.15) is 16.0 Å². The highest BCUT2D eigenvalue weighted by Crippen LogP contribution is 2.28. The zero-order valence-electron chi connectivity index (χ0n) is 18.9. The van der Waals surface area contributed by atoms with Crippen molar-refractivity contribution in [3.63, 3.8) is 0 Å². The minimum absolute atomic E-state index is 0.0509. The van der Waals surface area contributed by atoms with E-state index in [9.17, 15) is 14.7 Å². The van der Waals surface area contributed by atoms with Crippen LogP contribution in [0.25, 0.3) is 11.1 Å². The second-order valence-electron chi connectivity index (χ2n) is 8.32. The van der Waals surface area contributed by atoms with Crippen LogP contribution in [0.2, 0.25) is 0 Å². The molecule has 0 spiro atoms. The van der Waals surface area contributed by atoms with Crippen molar-refractivity contribution in [1.29, 1.82) is 0 Å². The summed E-state index contributed by atoms with van der Waals surface area (Å²) >= 11 is 0. The lowest BCUT2D eigenvalue weighted by Crippen LogP contribution is -3.04. The van der Waals surface area contributed by atoms with Gasteiger partial charge < -0.3 is 10.0 Å². The number of carboxylic acids is 1. The van der Waals surface area contributed by atoms with Gasteiger partial charge in [0.15, 0.2) is 0 Å². The lowest BCUT2D eigenvalue weighted by atomic mass is 9.90. The average molecular weight is 438 g/mol. The fourth-order valence-electron chi connectivity index (χ4n) is 3.92. The van der Waals surface area contributed by atoms with Crippen LogP contribution in [-0.2, 0) is 16.1 Å². The minimum Gasteiger partial charge on any atom is -0.477 e. The van der Waals surface area contributed by atoms with Gasteiger partial charge in [0.05, 0.1) is 0 Å². The maximum Gasteiger partial charge on any atom is 0.352 e. The first-order chi connectivity index (χ1) is 15.4. The molecule has 0 bridgehead atoms. The predicted molar refractivity (Wildman–Crippen MR) is 122 cm³/mol. The van der Waals surface area contributed by atoms with Crippen molar-refractivity contribution in [2.75, 3.05) is 6.54 Å². The number of hydrogen-bond acceptors (Lipinski definition) is 4. The van der Waals surface area contributed by atoms with Gasteiger partial charge in [-0.15, -0.1) is 0 Å². The van der Waals surface area contributed by atoms with Crippen molar-refractivity contribution in [3.05, 3.63) is 70.4 Å². The monoisotopic (exact) mass is 437 g/mol. The molecule has 0 aromatic heterocycles. The second-order valence-corrected chi connectivity index (χ2v) is 8.32. The Morgan fingerprint density at radius 3 is 2.59 bits per heavy atom. The quantitative estimate of drug-likeness (QED) is 0.541. The van der Waals surface area contributed by atoms with Crippen molar-refractivity contribution >= 4 is 17.4 Å². The molecule has 1 aliphatic carbocycles. The van der Waals surface area contributed by atoms with E-state index in [0.717, 1.165) is 41.1 Å². The number of allylic oxidation sites excluding steroid dienone is 4. The number of amides is 1. The molecule has 0 saturated carbocycles. The molecule has 2 aliphatic rings. The molecule has 1 aromatic carbocycles. The topological polar surface area (TPSA) is 101 Å². The zero-order chi connectivity index (χ0) is 23.1. The van der Waals surface area contributed by atoms with Gasteiger partial charge in [-0.1, -0.05) is 55.8 Å². The summed E-state index contributed by atoms with van der Waals surface area (Å²) in [6, 6.07) is 8.15. The van der Waals surface area contributed by atoms with Crippen molar-refractivity contribution in [1.82, 2.24) is 4.90 Å². The van der Waals surface area contributed by atoms with Crippen molar-refractivity contribution < 1.29 is 19.8 Å². The van der Waals surface area contributed by atoms with Crippen LogP contribution in [0.3, 0.4) is 0 Å². The molecule has 2 unspecified atom stereocenters. The Hall–Kier alpha value is -3.26. The van der Waals surface area contributed by atoms with E-state index in [0.29, 0.717) is 25.1 Å². The summed E-state index contributed by atoms with van der Waals surface area (Å²) in [6.45, 7) is 6.48. The molecule has 1 amide bonds. The lowest BCUT2D eigenvalue weighted by molar-refractivity contribution is -0.916. The Bertz CT molecular complexity index is 976. The lowest BCUT2D eigenvalue weighted by Gasteiger charge is -2.29. The Labute approximate surface area is 188 Å². The predicted octanol–water partition coefficient (Wildman–Crippen LogP) is 4.01. The molecule has 2 atom stereocenters. The third-order valence-electron chi connectivity index (χ3n) is 5.59. The molecule has 1 heterocycles. The molecule has 0 fully saturated rings. The highest BCUT2D eigenvalue weighted by molar-refractivity contribution is 5.93. The number of nitrogens with one attached hydrogen (secondary N) is 1. The van der Waals surface area contributed by atoms with Gasteiger partial charge in [0.25, 0.3) is 0 Å². The van der Waals surface area contributed by atoms with E-state index < -0.39 is 5.97 Å². The van der Waals surface area contributed by atoms with Gasteiger partial charge in [-0.05, 0) is 49.3 Å². The summed E-state index contributed by atoms with van der Waals surface area (Å²) in [5.41, 5.74) is 8.01. The van der Waals surface area contributed by atoms with Gasteiger partial charge in [0, 0.05) is 18.5 Å². The molecule has 32 heavy (non-hydrogen) atoms. The first kappa shape index (κ1) is 23.4. The normalized spacial score (nSPS) is 18.9. The fourth-order valence-corrected chi connectivity index (χ4v) is 3.92. The number of carbonyl (C=O) groups is 2. The van der Waals surface area contributed by atoms with Crippen LogP contribution in [0.1, 0.15) is 57.6 Å². The maximum atomic E-state index is 12.9. The summed E-state index contributed by atoms with van der Waals surface area (Å²) in [5, 5.41) is 17.9. The first-order valence-electron chi connectivity index (χ1n) is 11.1. The number of nitrogens with zero attached hydrogens (tertiary/aromatic N) is 4. The number of quaternary nitrogens is 1. The summed E-state index contributed by atoms with van der Waals surface area (Å²) in [7, 11) is 0. The Kier molecular flexibility index (Phi) is 7.94. The molecular weight excluding hydrogens is 406 g/mol. The minimum atomic E-state index is -1.06. The number of rotatable bonds is 10. The van der Waals surface area contributed by atoms with Gasteiger partial charge in [-0.3, -0.25) is 4.79 Å². The van der Waals surface area contributed by atoms with Crippen LogP contribution < -0.4 is 5.12 Å². The van der Waals surface area contributed by atoms with Crippen LogP contribution >= 0.6 is 0 Å². The van der Waals surface area contributed by atoms with Gasteiger partial charge in [0.1, 0.15) is 12.2 Å². The van der Waals surface area contributed by atoms with Crippen LogP contribution in [0, 0.1) is 5.92 Å². The van der Waals surface area contributed by atoms with E-state index in [-0.39, 0.29) is 17.5 Å². The molecule has 0 radical (unpaired) electrons. The molecule has 2 N–H and O–H groups in total. The summed E-state index contributed by atoms with van der Waals surface area (Å²) in [6.07, 6.45) is 9.02. The third-order valence-corrected chi connectivity index (χ3v) is 5.59. The number of hydrogen-bond donors (Lipinski definition) is 2. The van der Waals surface area contributed by atoms with Crippen molar-refractivity contribution in [2.24, 2.45) is 16.4 Å². The standard InChI is InChI=1S/C24H31N5O3/c1-4-5-10-22(30)28(23(17(2)3)24(31)32)15-18-11-13-19(14-12-18)21-9-7-6-8-20(21)16-29-26-25-27-29/h6-9,11,13-14,18,29H,4-5,10,12,15-16H2,1-3H3,(H-,26,27,31,32). The van der Waals surface area contributed by atoms with E-state index in [1.165, 1.54) is 4.90 Å². The van der Waals surface area contributed by atoms with E-state index in [2.05, 4.69) is 46.3 Å². The Morgan fingerprint density at radius 1 is 1.28 bits per heavy atom. The summed E-state index contributed by atoms with van der Waals surface area (Å²) < 4.78 is 0. The number of carbonyl (C=O) groups excluding carboxylic acids is 1. The van der Waals surface area contributed by atoms with E-state index >= 15 is 0 Å². The van der Waals surface area contributed by atoms with Crippen LogP contribution in [-0.4, -0.2) is 28.4 Å². The molecule has 8 heteroatoms. The summed E-state index contributed by atoms with van der Waals surface area (Å²) in [5.74, 6) is -1.14. The van der Waals surface area contributed by atoms with E-state index in [1.54, 1.807) is 13.8 Å². The Balaban J connectivity index is 1.74. The third kappa shape index (κ3) is 5.70. The highest BCUT2D eigenvalue weighted by atomic mass is 16.4. The molecule has 0 saturated heterocycles. The molecule has 170 valence electrons. The van der Waals surface area contributed by atoms with Crippen LogP contribution in [0.4, 0.5) is 0 Å². The van der Waals surface area contributed by atoms with Gasteiger partial charge >= 0.3 is 5.97 Å². The van der Waals surface area contributed by atoms with Gasteiger partial charge in [0.2, 0.25) is 5.91 Å². The summed E-state index contributed by atoms with van der Waals surface area (Å²) in [4.78, 5) is 26.2. The largest absolute Gasteiger partial charge is 0.477 e. The first-order valence-corrected chi connectivity index (χ1v) is 11.1. The maximum absolute atomic E-state index is 12.9. The molecule has 1 aliphatic heterocycles. The SMILES string of the molecule is CCCCC(=O)N(CC1C=CC(c2ccccc2C[NH+]2N=N[N-]2)=CC1)C(C(=O)O)=C(C)C. The number of carboxylic acid groups (broad SMARTS) is 1. The van der Waals surface area contributed by atoms with Crippen LogP contribution in [0.5, 0.6) is 0 Å².